The molecule has 0 aliphatic rings. The molecule has 1 N–H and O–H groups in total. The van der Waals surface area contributed by atoms with Gasteiger partial charge in [0.1, 0.15) is 18.2 Å². The molecule has 0 aliphatic carbocycles. The van der Waals surface area contributed by atoms with Crippen molar-refractivity contribution in [2.75, 3.05) is 12.8 Å². The summed E-state index contributed by atoms with van der Waals surface area (Å²) in [6, 6.07) is 13.0. The van der Waals surface area contributed by atoms with E-state index < -0.39 is 0 Å². The first-order valence-corrected chi connectivity index (χ1v) is 8.20. The molecule has 0 aliphatic heterocycles. The van der Waals surface area contributed by atoms with Crippen LogP contribution in [-0.4, -0.2) is 12.8 Å². The molecule has 2 nitrogen and oxygen atoms in total. The second-order valence-electron chi connectivity index (χ2n) is 4.67. The van der Waals surface area contributed by atoms with E-state index in [4.69, 9.17) is 4.74 Å². The lowest BCUT2D eigenvalue weighted by Gasteiger charge is -2.10. The van der Waals surface area contributed by atoms with Crippen LogP contribution in [0.1, 0.15) is 18.1 Å². The van der Waals surface area contributed by atoms with Crippen LogP contribution in [0.15, 0.2) is 47.4 Å². The van der Waals surface area contributed by atoms with E-state index in [9.17, 15) is 4.39 Å². The van der Waals surface area contributed by atoms with Gasteiger partial charge in [0.2, 0.25) is 0 Å². The Morgan fingerprint density at radius 3 is 2.57 bits per heavy atom. The van der Waals surface area contributed by atoms with Gasteiger partial charge >= 0.3 is 0 Å². The van der Waals surface area contributed by atoms with E-state index in [1.807, 2.05) is 43.5 Å². The third-order valence-electron chi connectivity index (χ3n) is 3.14. The van der Waals surface area contributed by atoms with Crippen molar-refractivity contribution < 1.29 is 9.13 Å². The predicted molar refractivity (Wildman–Crippen MR) is 86.3 cm³/mol. The highest BCUT2D eigenvalue weighted by Crippen LogP contribution is 2.20. The third kappa shape index (κ3) is 4.76. The molecule has 0 spiro atoms. The molecule has 0 atom stereocenters. The second-order valence-corrected chi connectivity index (χ2v) is 5.55. The smallest absolute Gasteiger partial charge is 0.129 e. The standard InChI is InChI=1S/C17H20FNOS/c1-3-19-11-13-4-9-17(18)14(10-13)12-20-15-5-7-16(21-2)8-6-15/h4-10,19H,3,11-12H2,1-2H3. The Bertz CT molecular complexity index is 572. The molecule has 4 heteroatoms. The Morgan fingerprint density at radius 2 is 1.90 bits per heavy atom. The van der Waals surface area contributed by atoms with Gasteiger partial charge in [-0.05, 0) is 54.8 Å². The molecule has 112 valence electrons. The van der Waals surface area contributed by atoms with Crippen molar-refractivity contribution in [3.05, 3.63) is 59.4 Å². The summed E-state index contributed by atoms with van der Waals surface area (Å²) < 4.78 is 19.5. The van der Waals surface area contributed by atoms with Crippen LogP contribution < -0.4 is 10.1 Å². The van der Waals surface area contributed by atoms with E-state index in [0.29, 0.717) is 5.56 Å². The molecule has 2 aromatic rings. The van der Waals surface area contributed by atoms with Gasteiger partial charge in [0, 0.05) is 17.0 Å². The van der Waals surface area contributed by atoms with E-state index in [1.54, 1.807) is 17.8 Å². The van der Waals surface area contributed by atoms with Crippen molar-refractivity contribution in [1.82, 2.24) is 5.32 Å². The fourth-order valence-corrected chi connectivity index (χ4v) is 2.36. The van der Waals surface area contributed by atoms with E-state index in [2.05, 4.69) is 5.32 Å². The lowest BCUT2D eigenvalue weighted by Crippen LogP contribution is -2.12. The number of rotatable bonds is 7. The fraction of sp³-hybridized carbons (Fsp3) is 0.294. The summed E-state index contributed by atoms with van der Waals surface area (Å²) in [4.78, 5) is 1.18. The molecule has 0 saturated heterocycles. The van der Waals surface area contributed by atoms with Crippen LogP contribution in [0.2, 0.25) is 0 Å². The monoisotopic (exact) mass is 305 g/mol. The topological polar surface area (TPSA) is 21.3 Å². The van der Waals surface area contributed by atoms with Crippen LogP contribution in [0.3, 0.4) is 0 Å². The fourth-order valence-electron chi connectivity index (χ4n) is 1.95. The van der Waals surface area contributed by atoms with Gasteiger partial charge in [-0.3, -0.25) is 0 Å². The minimum absolute atomic E-state index is 0.226. The SMILES string of the molecule is CCNCc1ccc(F)c(COc2ccc(SC)cc2)c1. The molecule has 0 bridgehead atoms. The summed E-state index contributed by atoms with van der Waals surface area (Å²) in [5, 5.41) is 3.23. The first-order valence-electron chi connectivity index (χ1n) is 6.97. The number of hydrogen-bond donors (Lipinski definition) is 1. The first-order chi connectivity index (χ1) is 10.2. The molecule has 0 amide bonds. The van der Waals surface area contributed by atoms with Crippen molar-refractivity contribution in [2.45, 2.75) is 25.0 Å². The van der Waals surface area contributed by atoms with Gasteiger partial charge in [0.05, 0.1) is 0 Å². The largest absolute Gasteiger partial charge is 0.489 e. The summed E-state index contributed by atoms with van der Waals surface area (Å²) in [5.41, 5.74) is 1.65. The number of halogens is 1. The predicted octanol–water partition coefficient (Wildman–Crippen LogP) is 4.24. The van der Waals surface area contributed by atoms with Gasteiger partial charge in [0.25, 0.3) is 0 Å². The van der Waals surface area contributed by atoms with Crippen molar-refractivity contribution in [2.24, 2.45) is 0 Å². The number of ether oxygens (including phenoxy) is 1. The highest BCUT2D eigenvalue weighted by atomic mass is 32.2. The maximum Gasteiger partial charge on any atom is 0.129 e. The van der Waals surface area contributed by atoms with Crippen molar-refractivity contribution in [3.63, 3.8) is 0 Å². The van der Waals surface area contributed by atoms with Crippen molar-refractivity contribution in [3.8, 4) is 5.75 Å². The minimum atomic E-state index is -0.226. The van der Waals surface area contributed by atoms with Crippen LogP contribution in [0.4, 0.5) is 4.39 Å². The van der Waals surface area contributed by atoms with Crippen molar-refractivity contribution >= 4 is 11.8 Å². The Morgan fingerprint density at radius 1 is 1.14 bits per heavy atom. The molecule has 2 rings (SSSR count). The maximum atomic E-state index is 13.8. The zero-order valence-corrected chi connectivity index (χ0v) is 13.2. The number of hydrogen-bond acceptors (Lipinski definition) is 3. The maximum absolute atomic E-state index is 13.8. The van der Waals surface area contributed by atoms with Gasteiger partial charge in [-0.15, -0.1) is 11.8 Å². The van der Waals surface area contributed by atoms with Crippen LogP contribution in [-0.2, 0) is 13.2 Å². The Hall–Kier alpha value is -1.52. The zero-order valence-electron chi connectivity index (χ0n) is 12.4. The van der Waals surface area contributed by atoms with Crippen LogP contribution in [0.25, 0.3) is 0 Å². The Balaban J connectivity index is 2.00. The molecule has 2 aromatic carbocycles. The number of thioether (sulfide) groups is 1. The third-order valence-corrected chi connectivity index (χ3v) is 3.89. The Kier molecular flexibility index (Phi) is 6.08. The summed E-state index contributed by atoms with van der Waals surface area (Å²) >= 11 is 1.68. The van der Waals surface area contributed by atoms with Crippen LogP contribution >= 0.6 is 11.8 Å². The number of nitrogens with one attached hydrogen (secondary N) is 1. The normalized spacial score (nSPS) is 10.6. The molecular formula is C17H20FNOS. The van der Waals surface area contributed by atoms with E-state index in [-0.39, 0.29) is 12.4 Å². The van der Waals surface area contributed by atoms with Gasteiger partial charge in [-0.2, -0.15) is 0 Å². The molecule has 21 heavy (non-hydrogen) atoms. The molecule has 0 unspecified atom stereocenters. The molecule has 0 fully saturated rings. The van der Waals surface area contributed by atoms with Crippen LogP contribution in [0.5, 0.6) is 5.75 Å². The van der Waals surface area contributed by atoms with Gasteiger partial charge in [0.15, 0.2) is 0 Å². The minimum Gasteiger partial charge on any atom is -0.489 e. The molecular weight excluding hydrogens is 285 g/mol. The summed E-state index contributed by atoms with van der Waals surface area (Å²) in [7, 11) is 0. The molecule has 0 heterocycles. The van der Waals surface area contributed by atoms with E-state index in [0.717, 1.165) is 24.4 Å². The average molecular weight is 305 g/mol. The zero-order chi connectivity index (χ0) is 15.1. The summed E-state index contributed by atoms with van der Waals surface area (Å²) in [5.74, 6) is 0.528. The summed E-state index contributed by atoms with van der Waals surface area (Å²) in [6.45, 7) is 3.92. The second kappa shape index (κ2) is 8.05. The molecule has 0 saturated carbocycles. The lowest BCUT2D eigenvalue weighted by molar-refractivity contribution is 0.299. The first kappa shape index (κ1) is 15.9. The van der Waals surface area contributed by atoms with E-state index in [1.165, 1.54) is 11.0 Å². The Labute approximate surface area is 129 Å². The van der Waals surface area contributed by atoms with Gasteiger partial charge in [-0.25, -0.2) is 4.39 Å². The van der Waals surface area contributed by atoms with Crippen molar-refractivity contribution in [1.29, 1.82) is 0 Å². The van der Waals surface area contributed by atoms with Crippen LogP contribution in [0, 0.1) is 5.82 Å². The molecule has 0 aromatic heterocycles. The quantitative estimate of drug-likeness (QED) is 0.773. The molecule has 0 radical (unpaired) electrons. The highest BCUT2D eigenvalue weighted by Gasteiger charge is 2.05. The highest BCUT2D eigenvalue weighted by molar-refractivity contribution is 7.98. The lowest BCUT2D eigenvalue weighted by atomic mass is 10.1. The van der Waals surface area contributed by atoms with E-state index >= 15 is 0 Å². The summed E-state index contributed by atoms with van der Waals surface area (Å²) in [6.07, 6.45) is 2.03. The average Bonchev–Trinajstić information content (AvgIpc) is 2.53. The van der Waals surface area contributed by atoms with Gasteiger partial charge in [-0.1, -0.05) is 13.0 Å². The number of benzene rings is 2. The van der Waals surface area contributed by atoms with Gasteiger partial charge < -0.3 is 10.1 Å².